The number of hydrogen-bond donors (Lipinski definition) is 2. The molecule has 0 fully saturated rings. The molecule has 0 radical (unpaired) electrons. The second-order valence-corrected chi connectivity index (χ2v) is 6.01. The minimum absolute atomic E-state index is 0.0346. The number of carbonyl (C=O) groups is 1. The van der Waals surface area contributed by atoms with Crippen molar-refractivity contribution in [1.82, 2.24) is 5.43 Å². The highest BCUT2D eigenvalue weighted by Gasteiger charge is 2.16. The highest BCUT2D eigenvalue weighted by molar-refractivity contribution is 9.10. The molecule has 0 spiro atoms. The van der Waals surface area contributed by atoms with Crippen LogP contribution in [0.2, 0.25) is 0 Å². The van der Waals surface area contributed by atoms with E-state index in [1.54, 1.807) is 24.3 Å². The third kappa shape index (κ3) is 4.20. The van der Waals surface area contributed by atoms with Gasteiger partial charge in [0.1, 0.15) is 0 Å². The molecule has 0 saturated carbocycles. The summed E-state index contributed by atoms with van der Waals surface area (Å²) in [6, 6.07) is 7.98. The summed E-state index contributed by atoms with van der Waals surface area (Å²) < 4.78 is 0.834. The normalized spacial score (nSPS) is 12.3. The molecule has 1 aromatic heterocycles. The Morgan fingerprint density at radius 3 is 2.73 bits per heavy atom. The number of nitrogens with one attached hydrogen (secondary N) is 1. The van der Waals surface area contributed by atoms with E-state index >= 15 is 0 Å². The minimum Gasteiger partial charge on any atom is -0.378 e. The summed E-state index contributed by atoms with van der Waals surface area (Å²) in [5, 5.41) is 25.4. The Labute approximate surface area is 137 Å². The quantitative estimate of drug-likeness (QED) is 0.470. The van der Waals surface area contributed by atoms with E-state index in [4.69, 9.17) is 0 Å². The fourth-order valence-electron chi connectivity index (χ4n) is 1.52. The topological polar surface area (TPSA) is 105 Å². The van der Waals surface area contributed by atoms with Gasteiger partial charge in [-0.3, -0.25) is 14.9 Å². The summed E-state index contributed by atoms with van der Waals surface area (Å²) in [6.45, 7) is 0. The van der Waals surface area contributed by atoms with Crippen molar-refractivity contribution in [3.8, 4) is 0 Å². The fraction of sp³-hybridized carbons (Fsp3) is 0.0769. The first-order chi connectivity index (χ1) is 10.5. The molecule has 0 aliphatic rings. The van der Waals surface area contributed by atoms with Crippen molar-refractivity contribution in [2.24, 2.45) is 5.10 Å². The maximum atomic E-state index is 11.7. The number of hydrogen-bond acceptors (Lipinski definition) is 6. The van der Waals surface area contributed by atoms with Crippen molar-refractivity contribution in [3.63, 3.8) is 0 Å². The number of aliphatic hydroxyl groups excluding tert-OH is 1. The summed E-state index contributed by atoms with van der Waals surface area (Å²) in [6.07, 6.45) is -0.0629. The van der Waals surface area contributed by atoms with Crippen LogP contribution in [-0.4, -0.2) is 22.2 Å². The molecule has 0 aliphatic heterocycles. The molecule has 0 bridgehead atoms. The Hall–Kier alpha value is -2.10. The number of nitro groups is 1. The van der Waals surface area contributed by atoms with E-state index in [9.17, 15) is 20.0 Å². The van der Waals surface area contributed by atoms with E-state index in [-0.39, 0.29) is 5.69 Å². The predicted molar refractivity (Wildman–Crippen MR) is 85.8 cm³/mol. The molecule has 2 rings (SSSR count). The zero-order chi connectivity index (χ0) is 16.1. The number of nitrogens with zero attached hydrogens (tertiary/aromatic N) is 2. The van der Waals surface area contributed by atoms with Gasteiger partial charge in [-0.25, -0.2) is 5.43 Å². The van der Waals surface area contributed by atoms with Crippen molar-refractivity contribution in [2.45, 2.75) is 6.10 Å². The third-order valence-corrected chi connectivity index (χ3v) is 4.00. The average Bonchev–Trinajstić information content (AvgIpc) is 2.96. The van der Waals surface area contributed by atoms with Gasteiger partial charge in [0.2, 0.25) is 0 Å². The van der Waals surface area contributed by atoms with Crippen LogP contribution in [0.3, 0.4) is 0 Å². The van der Waals surface area contributed by atoms with Crippen LogP contribution in [0, 0.1) is 10.1 Å². The predicted octanol–water partition coefficient (Wildman–Crippen LogP) is 2.60. The van der Waals surface area contributed by atoms with Crippen molar-refractivity contribution >= 4 is 45.1 Å². The van der Waals surface area contributed by atoms with Gasteiger partial charge < -0.3 is 5.11 Å². The summed E-state index contributed by atoms with van der Waals surface area (Å²) in [5.74, 6) is -0.690. The summed E-state index contributed by atoms with van der Waals surface area (Å²) in [7, 11) is 0. The smallest absolute Gasteiger partial charge is 0.280 e. The number of aliphatic hydroxyl groups is 1. The van der Waals surface area contributed by atoms with E-state index in [1.807, 2.05) is 0 Å². The number of carbonyl (C=O) groups excluding carboxylic acids is 1. The molecule has 1 heterocycles. The largest absolute Gasteiger partial charge is 0.378 e. The number of thiophene rings is 1. The number of hydrazone groups is 1. The summed E-state index contributed by atoms with van der Waals surface area (Å²) >= 11 is 4.38. The molecular formula is C13H10BrN3O4S. The Balaban J connectivity index is 1.95. The second kappa shape index (κ2) is 7.25. The van der Waals surface area contributed by atoms with Gasteiger partial charge in [0.15, 0.2) is 6.10 Å². The van der Waals surface area contributed by atoms with Crippen molar-refractivity contribution < 1.29 is 14.8 Å². The van der Waals surface area contributed by atoms with Gasteiger partial charge in [0.05, 0.1) is 21.4 Å². The molecule has 22 heavy (non-hydrogen) atoms. The van der Waals surface area contributed by atoms with E-state index in [1.165, 1.54) is 17.7 Å². The molecule has 1 aromatic carbocycles. The van der Waals surface area contributed by atoms with Crippen LogP contribution in [0.4, 0.5) is 5.69 Å². The van der Waals surface area contributed by atoms with E-state index in [0.29, 0.717) is 10.4 Å². The highest BCUT2D eigenvalue weighted by atomic mass is 79.9. The minimum atomic E-state index is -1.34. The van der Waals surface area contributed by atoms with Gasteiger partial charge in [0, 0.05) is 10.5 Å². The van der Waals surface area contributed by atoms with Crippen LogP contribution < -0.4 is 5.43 Å². The Morgan fingerprint density at radius 1 is 1.45 bits per heavy atom. The molecule has 9 heteroatoms. The lowest BCUT2D eigenvalue weighted by atomic mass is 10.1. The lowest BCUT2D eigenvalue weighted by Gasteiger charge is -2.08. The fourth-order valence-corrected chi connectivity index (χ4v) is 2.50. The third-order valence-electron chi connectivity index (χ3n) is 2.62. The van der Waals surface area contributed by atoms with Gasteiger partial charge in [0.25, 0.3) is 11.6 Å². The van der Waals surface area contributed by atoms with Gasteiger partial charge in [-0.2, -0.15) is 5.10 Å². The van der Waals surface area contributed by atoms with Crippen LogP contribution in [0.25, 0.3) is 0 Å². The molecule has 0 unspecified atom stereocenters. The first-order valence-corrected chi connectivity index (χ1v) is 7.64. The van der Waals surface area contributed by atoms with E-state index in [0.717, 1.165) is 15.8 Å². The van der Waals surface area contributed by atoms with Crippen molar-refractivity contribution in [3.05, 3.63) is 60.7 Å². The van der Waals surface area contributed by atoms with Crippen LogP contribution in [0.15, 0.2) is 45.3 Å². The Kier molecular flexibility index (Phi) is 5.36. The first kappa shape index (κ1) is 16.3. The van der Waals surface area contributed by atoms with Crippen molar-refractivity contribution in [1.29, 1.82) is 0 Å². The van der Waals surface area contributed by atoms with Gasteiger partial charge >= 0.3 is 0 Å². The van der Waals surface area contributed by atoms with Crippen LogP contribution in [-0.2, 0) is 4.79 Å². The van der Waals surface area contributed by atoms with Gasteiger partial charge in [-0.05, 0) is 17.7 Å². The number of rotatable bonds is 5. The zero-order valence-corrected chi connectivity index (χ0v) is 13.4. The van der Waals surface area contributed by atoms with Crippen LogP contribution >= 0.6 is 27.3 Å². The summed E-state index contributed by atoms with van der Waals surface area (Å²) in [5.41, 5.74) is 2.59. The highest BCUT2D eigenvalue weighted by Crippen LogP contribution is 2.19. The molecule has 1 atom stereocenters. The molecule has 2 N–H and O–H groups in total. The molecule has 1 amide bonds. The molecule has 2 aromatic rings. The van der Waals surface area contributed by atoms with E-state index in [2.05, 4.69) is 26.5 Å². The maximum Gasteiger partial charge on any atom is 0.280 e. The zero-order valence-electron chi connectivity index (χ0n) is 11.0. The van der Waals surface area contributed by atoms with Gasteiger partial charge in [-0.1, -0.05) is 28.1 Å². The molecule has 114 valence electrons. The SMILES string of the molecule is O=C(N/N=C\c1cc([N+](=O)[O-])cs1)[C@@H](O)c1ccc(Br)cc1. The van der Waals surface area contributed by atoms with Crippen LogP contribution in [0.5, 0.6) is 0 Å². The summed E-state index contributed by atoms with van der Waals surface area (Å²) in [4.78, 5) is 22.3. The maximum absolute atomic E-state index is 11.7. The Bertz CT molecular complexity index is 714. The number of amides is 1. The van der Waals surface area contributed by atoms with E-state index < -0.39 is 16.9 Å². The standard InChI is InChI=1S/C13H10BrN3O4S/c14-9-3-1-8(2-4-9)12(18)13(19)16-15-6-11-5-10(7-22-11)17(20)21/h1-7,12,18H,(H,16,19)/b15-6-/t12-/m0/s1. The molecule has 7 nitrogen and oxygen atoms in total. The van der Waals surface area contributed by atoms with Gasteiger partial charge in [-0.15, -0.1) is 11.3 Å². The Morgan fingerprint density at radius 2 is 2.14 bits per heavy atom. The first-order valence-electron chi connectivity index (χ1n) is 5.97. The lowest BCUT2D eigenvalue weighted by Crippen LogP contribution is -2.25. The molecule has 0 saturated heterocycles. The average molecular weight is 384 g/mol. The van der Waals surface area contributed by atoms with Crippen molar-refractivity contribution in [2.75, 3.05) is 0 Å². The number of halogens is 1. The second-order valence-electron chi connectivity index (χ2n) is 4.15. The molecular weight excluding hydrogens is 374 g/mol. The number of benzene rings is 1. The molecule has 0 aliphatic carbocycles. The lowest BCUT2D eigenvalue weighted by molar-refractivity contribution is -0.384. The van der Waals surface area contributed by atoms with Crippen LogP contribution in [0.1, 0.15) is 16.5 Å². The monoisotopic (exact) mass is 383 g/mol.